The fraction of sp³-hybridized carbons (Fsp3) is 0.250. The summed E-state index contributed by atoms with van der Waals surface area (Å²) in [6.45, 7) is 3.20. The Kier molecular flexibility index (Phi) is 4.53. The zero-order valence-electron chi connectivity index (χ0n) is 11.1. The predicted octanol–water partition coefficient (Wildman–Crippen LogP) is 3.25. The van der Waals surface area contributed by atoms with Crippen LogP contribution in [0.1, 0.15) is 16.7 Å². The summed E-state index contributed by atoms with van der Waals surface area (Å²) >= 11 is 0. The molecule has 0 spiro atoms. The van der Waals surface area contributed by atoms with E-state index >= 15 is 0 Å². The molecule has 2 aromatic rings. The first-order chi connectivity index (χ1) is 9.19. The highest BCUT2D eigenvalue weighted by atomic mass is 19.1. The van der Waals surface area contributed by atoms with Gasteiger partial charge < -0.3 is 11.1 Å². The number of hydrogen-bond donors (Lipinski definition) is 2. The van der Waals surface area contributed by atoms with Crippen LogP contribution in [0, 0.1) is 12.7 Å². The summed E-state index contributed by atoms with van der Waals surface area (Å²) in [6, 6.07) is 13.4. The number of aryl methyl sites for hydroxylation is 1. The highest BCUT2D eigenvalue weighted by Gasteiger charge is 2.03. The molecule has 0 atom stereocenters. The fourth-order valence-electron chi connectivity index (χ4n) is 1.93. The standard InChI is InChI=1S/C16H19FN2/c1-12-2-4-14(5-3-12)11-19-16-7-6-13(8-9-18)10-15(16)17/h2-7,10,19H,8-9,11,18H2,1H3. The molecule has 19 heavy (non-hydrogen) atoms. The van der Waals surface area contributed by atoms with E-state index in [-0.39, 0.29) is 5.82 Å². The van der Waals surface area contributed by atoms with Gasteiger partial charge in [-0.1, -0.05) is 35.9 Å². The average Bonchev–Trinajstić information content (AvgIpc) is 2.40. The van der Waals surface area contributed by atoms with Crippen LogP contribution in [0.15, 0.2) is 42.5 Å². The lowest BCUT2D eigenvalue weighted by atomic mass is 10.1. The summed E-state index contributed by atoms with van der Waals surface area (Å²) in [5.74, 6) is -0.224. The molecule has 0 saturated carbocycles. The van der Waals surface area contributed by atoms with Gasteiger partial charge in [0.1, 0.15) is 5.82 Å². The van der Waals surface area contributed by atoms with Crippen LogP contribution < -0.4 is 11.1 Å². The van der Waals surface area contributed by atoms with Crippen LogP contribution in [-0.4, -0.2) is 6.54 Å². The lowest BCUT2D eigenvalue weighted by molar-refractivity contribution is 0.627. The molecule has 0 aliphatic rings. The average molecular weight is 258 g/mol. The second-order valence-electron chi connectivity index (χ2n) is 4.69. The van der Waals surface area contributed by atoms with Gasteiger partial charge in [-0.25, -0.2) is 4.39 Å². The minimum absolute atomic E-state index is 0.224. The Morgan fingerprint density at radius 2 is 1.74 bits per heavy atom. The number of halogens is 1. The largest absolute Gasteiger partial charge is 0.379 e. The first-order valence-electron chi connectivity index (χ1n) is 6.47. The Balaban J connectivity index is 2.01. The maximum absolute atomic E-state index is 13.8. The summed E-state index contributed by atoms with van der Waals surface area (Å²) < 4.78 is 13.8. The van der Waals surface area contributed by atoms with Crippen molar-refractivity contribution in [2.24, 2.45) is 5.73 Å². The molecule has 100 valence electrons. The number of nitrogens with one attached hydrogen (secondary N) is 1. The van der Waals surface area contributed by atoms with E-state index in [1.807, 2.05) is 25.1 Å². The molecule has 0 bridgehead atoms. The zero-order chi connectivity index (χ0) is 13.7. The van der Waals surface area contributed by atoms with Gasteiger partial charge in [0.2, 0.25) is 0 Å². The smallest absolute Gasteiger partial charge is 0.146 e. The molecule has 2 rings (SSSR count). The molecule has 0 saturated heterocycles. The van der Waals surface area contributed by atoms with E-state index < -0.39 is 0 Å². The van der Waals surface area contributed by atoms with Gasteiger partial charge in [-0.2, -0.15) is 0 Å². The number of nitrogens with two attached hydrogens (primary N) is 1. The number of benzene rings is 2. The Morgan fingerprint density at radius 1 is 1.05 bits per heavy atom. The highest BCUT2D eigenvalue weighted by Crippen LogP contribution is 2.17. The van der Waals surface area contributed by atoms with E-state index in [1.165, 1.54) is 5.56 Å². The lowest BCUT2D eigenvalue weighted by Crippen LogP contribution is -2.05. The van der Waals surface area contributed by atoms with Gasteiger partial charge in [0.05, 0.1) is 5.69 Å². The van der Waals surface area contributed by atoms with E-state index in [0.29, 0.717) is 25.2 Å². The molecular weight excluding hydrogens is 239 g/mol. The van der Waals surface area contributed by atoms with E-state index in [9.17, 15) is 4.39 Å². The zero-order valence-corrected chi connectivity index (χ0v) is 11.1. The fourth-order valence-corrected chi connectivity index (χ4v) is 1.93. The van der Waals surface area contributed by atoms with E-state index in [4.69, 9.17) is 5.73 Å². The van der Waals surface area contributed by atoms with E-state index in [2.05, 4.69) is 17.4 Å². The third-order valence-corrected chi connectivity index (χ3v) is 3.07. The second kappa shape index (κ2) is 6.34. The van der Waals surface area contributed by atoms with Gasteiger partial charge in [0.15, 0.2) is 0 Å². The van der Waals surface area contributed by atoms with E-state index in [1.54, 1.807) is 12.1 Å². The first-order valence-corrected chi connectivity index (χ1v) is 6.47. The molecule has 2 nitrogen and oxygen atoms in total. The Hall–Kier alpha value is -1.87. The predicted molar refractivity (Wildman–Crippen MR) is 77.7 cm³/mol. The molecule has 0 heterocycles. The number of anilines is 1. The summed E-state index contributed by atoms with van der Waals surface area (Å²) in [7, 11) is 0. The van der Waals surface area contributed by atoms with Crippen LogP contribution >= 0.6 is 0 Å². The normalized spacial score (nSPS) is 10.5. The summed E-state index contributed by atoms with van der Waals surface area (Å²) in [4.78, 5) is 0. The lowest BCUT2D eigenvalue weighted by Gasteiger charge is -2.09. The number of hydrogen-bond acceptors (Lipinski definition) is 2. The minimum Gasteiger partial charge on any atom is -0.379 e. The molecule has 3 N–H and O–H groups in total. The minimum atomic E-state index is -0.224. The Morgan fingerprint density at radius 3 is 2.37 bits per heavy atom. The third kappa shape index (κ3) is 3.80. The van der Waals surface area contributed by atoms with Gasteiger partial charge in [0, 0.05) is 6.54 Å². The van der Waals surface area contributed by atoms with Crippen molar-refractivity contribution >= 4 is 5.69 Å². The SMILES string of the molecule is Cc1ccc(CNc2ccc(CCN)cc2F)cc1. The first kappa shape index (κ1) is 13.6. The van der Waals surface area contributed by atoms with Crippen molar-refractivity contribution in [1.29, 1.82) is 0 Å². The molecule has 0 amide bonds. The molecule has 3 heteroatoms. The highest BCUT2D eigenvalue weighted by molar-refractivity contribution is 5.47. The van der Waals surface area contributed by atoms with Crippen molar-refractivity contribution in [3.8, 4) is 0 Å². The van der Waals surface area contributed by atoms with Crippen LogP contribution in [0.5, 0.6) is 0 Å². The van der Waals surface area contributed by atoms with Crippen LogP contribution in [0.25, 0.3) is 0 Å². The van der Waals surface area contributed by atoms with Gasteiger partial charge in [-0.15, -0.1) is 0 Å². The monoisotopic (exact) mass is 258 g/mol. The van der Waals surface area contributed by atoms with Crippen molar-refractivity contribution in [2.45, 2.75) is 19.9 Å². The maximum atomic E-state index is 13.8. The van der Waals surface area contributed by atoms with Crippen molar-refractivity contribution < 1.29 is 4.39 Å². The summed E-state index contributed by atoms with van der Waals surface area (Å²) in [5.41, 5.74) is 9.28. The molecule has 0 aliphatic heterocycles. The molecule has 2 aromatic carbocycles. The molecule has 0 aliphatic carbocycles. The quantitative estimate of drug-likeness (QED) is 0.864. The molecule has 0 radical (unpaired) electrons. The maximum Gasteiger partial charge on any atom is 0.146 e. The van der Waals surface area contributed by atoms with Gasteiger partial charge >= 0.3 is 0 Å². The summed E-state index contributed by atoms with van der Waals surface area (Å²) in [6.07, 6.45) is 0.704. The number of rotatable bonds is 5. The summed E-state index contributed by atoms with van der Waals surface area (Å²) in [5, 5.41) is 3.11. The van der Waals surface area contributed by atoms with Gasteiger partial charge in [-0.3, -0.25) is 0 Å². The van der Waals surface area contributed by atoms with Crippen LogP contribution in [0.4, 0.5) is 10.1 Å². The van der Waals surface area contributed by atoms with Crippen LogP contribution in [-0.2, 0) is 13.0 Å². The Labute approximate surface area is 113 Å². The van der Waals surface area contributed by atoms with Crippen LogP contribution in [0.2, 0.25) is 0 Å². The molecule has 0 aromatic heterocycles. The molecule has 0 unspecified atom stereocenters. The molecular formula is C16H19FN2. The van der Waals surface area contributed by atoms with Crippen molar-refractivity contribution in [3.63, 3.8) is 0 Å². The van der Waals surface area contributed by atoms with Crippen molar-refractivity contribution in [2.75, 3.05) is 11.9 Å². The van der Waals surface area contributed by atoms with Gasteiger partial charge in [-0.05, 0) is 43.1 Å². The van der Waals surface area contributed by atoms with Crippen LogP contribution in [0.3, 0.4) is 0 Å². The van der Waals surface area contributed by atoms with Crippen molar-refractivity contribution in [1.82, 2.24) is 0 Å². The topological polar surface area (TPSA) is 38.0 Å². The van der Waals surface area contributed by atoms with Gasteiger partial charge in [0.25, 0.3) is 0 Å². The second-order valence-corrected chi connectivity index (χ2v) is 4.69. The van der Waals surface area contributed by atoms with Crippen molar-refractivity contribution in [3.05, 3.63) is 65.0 Å². The molecule has 0 fully saturated rings. The van der Waals surface area contributed by atoms with E-state index in [0.717, 1.165) is 11.1 Å². The Bertz CT molecular complexity index is 535. The third-order valence-electron chi connectivity index (χ3n) is 3.07.